The molecule has 3 rings (SSSR count). The molecule has 0 aliphatic carbocycles. The number of carbonyl (C=O) groups excluding carboxylic acids is 1. The molecule has 0 unspecified atom stereocenters. The van der Waals surface area contributed by atoms with E-state index in [0.717, 1.165) is 38.5 Å². The lowest BCUT2D eigenvalue weighted by Crippen LogP contribution is -2.24. The number of anilines is 2. The van der Waals surface area contributed by atoms with E-state index < -0.39 is 17.5 Å². The number of unbranched alkanes of at least 4 members (excludes halogenated alkanes) is 1. The van der Waals surface area contributed by atoms with Crippen LogP contribution in [-0.2, 0) is 0 Å². The first-order chi connectivity index (χ1) is 15.5. The molecule has 0 bridgehead atoms. The van der Waals surface area contributed by atoms with Crippen LogP contribution in [0.1, 0.15) is 37.0 Å². The molecule has 2 N–H and O–H groups in total. The van der Waals surface area contributed by atoms with Crippen LogP contribution in [0, 0.1) is 11.6 Å². The van der Waals surface area contributed by atoms with Crippen molar-refractivity contribution in [3.8, 4) is 11.5 Å². The number of benzene rings is 2. The Labute approximate surface area is 185 Å². The standard InChI is InChI=1S/C23H27F2N5O2/c1-3-30(4-2)14-8-7-13-26-23-29-28-22(32-23)18-12-11-16(15-20(18)25)27-21(31)17-9-5-6-10-19(17)24/h5-6,9-12,15H,3-4,7-8,13-14H2,1-2H3,(H,26,29)(H,27,31). The van der Waals surface area contributed by atoms with Crippen molar-refractivity contribution < 1.29 is 18.0 Å². The summed E-state index contributed by atoms with van der Waals surface area (Å²) in [6.07, 6.45) is 1.99. The largest absolute Gasteiger partial charge is 0.403 e. The topological polar surface area (TPSA) is 83.3 Å². The number of aromatic nitrogens is 2. The van der Waals surface area contributed by atoms with Crippen LogP contribution >= 0.6 is 0 Å². The normalized spacial score (nSPS) is 11.0. The van der Waals surface area contributed by atoms with Crippen LogP contribution < -0.4 is 10.6 Å². The van der Waals surface area contributed by atoms with E-state index in [1.165, 1.54) is 30.3 Å². The number of hydrogen-bond acceptors (Lipinski definition) is 6. The predicted molar refractivity (Wildman–Crippen MR) is 120 cm³/mol. The van der Waals surface area contributed by atoms with Gasteiger partial charge in [0.2, 0.25) is 0 Å². The molecule has 0 aliphatic rings. The van der Waals surface area contributed by atoms with Gasteiger partial charge in [0.15, 0.2) is 0 Å². The average molecular weight is 443 g/mol. The second-order valence-electron chi connectivity index (χ2n) is 7.20. The van der Waals surface area contributed by atoms with E-state index in [1.54, 1.807) is 6.07 Å². The SMILES string of the molecule is CCN(CC)CCCCNc1nnc(-c2ccc(NC(=O)c3ccccc3F)cc2F)o1. The van der Waals surface area contributed by atoms with Gasteiger partial charge in [-0.05, 0) is 62.8 Å². The van der Waals surface area contributed by atoms with Crippen molar-refractivity contribution >= 4 is 17.6 Å². The minimum atomic E-state index is -0.666. The summed E-state index contributed by atoms with van der Waals surface area (Å²) >= 11 is 0. The summed E-state index contributed by atoms with van der Waals surface area (Å²) in [7, 11) is 0. The summed E-state index contributed by atoms with van der Waals surface area (Å²) in [5.41, 5.74) is 0.170. The molecule has 0 saturated carbocycles. The van der Waals surface area contributed by atoms with Gasteiger partial charge in [0.1, 0.15) is 11.6 Å². The second kappa shape index (κ2) is 11.3. The molecule has 0 atom stereocenters. The van der Waals surface area contributed by atoms with Gasteiger partial charge in [0.05, 0.1) is 11.1 Å². The van der Waals surface area contributed by atoms with Gasteiger partial charge in [-0.1, -0.05) is 31.1 Å². The zero-order valence-electron chi connectivity index (χ0n) is 18.2. The molecule has 170 valence electrons. The first-order valence-corrected chi connectivity index (χ1v) is 10.7. The minimum absolute atomic E-state index is 0.0279. The first kappa shape index (κ1) is 23.3. The van der Waals surface area contributed by atoms with Gasteiger partial charge in [0, 0.05) is 12.2 Å². The molecule has 32 heavy (non-hydrogen) atoms. The maximum atomic E-state index is 14.6. The number of carbonyl (C=O) groups is 1. The molecule has 9 heteroatoms. The molecule has 3 aromatic rings. The van der Waals surface area contributed by atoms with E-state index in [1.807, 2.05) is 0 Å². The summed E-state index contributed by atoms with van der Waals surface area (Å²) < 4.78 is 33.8. The number of amides is 1. The summed E-state index contributed by atoms with van der Waals surface area (Å²) in [5, 5.41) is 13.3. The van der Waals surface area contributed by atoms with Gasteiger partial charge in [-0.15, -0.1) is 5.10 Å². The number of rotatable bonds is 11. The first-order valence-electron chi connectivity index (χ1n) is 10.7. The van der Waals surface area contributed by atoms with E-state index >= 15 is 0 Å². The fourth-order valence-electron chi connectivity index (χ4n) is 3.21. The summed E-state index contributed by atoms with van der Waals surface area (Å²) in [5.74, 6) is -1.94. The van der Waals surface area contributed by atoms with Gasteiger partial charge in [-0.25, -0.2) is 8.78 Å². The van der Waals surface area contributed by atoms with Gasteiger partial charge in [-0.3, -0.25) is 4.79 Å². The minimum Gasteiger partial charge on any atom is -0.403 e. The van der Waals surface area contributed by atoms with E-state index in [-0.39, 0.29) is 28.7 Å². The van der Waals surface area contributed by atoms with Gasteiger partial charge in [-0.2, -0.15) is 0 Å². The number of nitrogens with one attached hydrogen (secondary N) is 2. The maximum absolute atomic E-state index is 14.6. The van der Waals surface area contributed by atoms with Crippen LogP contribution in [0.15, 0.2) is 46.9 Å². The fourth-order valence-corrected chi connectivity index (χ4v) is 3.21. The zero-order chi connectivity index (χ0) is 22.9. The number of hydrogen-bond donors (Lipinski definition) is 2. The van der Waals surface area contributed by atoms with Gasteiger partial charge < -0.3 is 20.0 Å². The van der Waals surface area contributed by atoms with Crippen LogP contribution in [0.3, 0.4) is 0 Å². The Kier molecular flexibility index (Phi) is 8.27. The Bertz CT molecular complexity index is 1040. The highest BCUT2D eigenvalue weighted by Gasteiger charge is 2.16. The van der Waals surface area contributed by atoms with E-state index in [4.69, 9.17) is 4.42 Å². The van der Waals surface area contributed by atoms with E-state index in [0.29, 0.717) is 6.54 Å². The highest BCUT2D eigenvalue weighted by Crippen LogP contribution is 2.26. The van der Waals surface area contributed by atoms with Crippen molar-refractivity contribution in [2.45, 2.75) is 26.7 Å². The third kappa shape index (κ3) is 6.10. The van der Waals surface area contributed by atoms with Gasteiger partial charge >= 0.3 is 6.01 Å². The van der Waals surface area contributed by atoms with Crippen molar-refractivity contribution in [1.29, 1.82) is 0 Å². The highest BCUT2D eigenvalue weighted by molar-refractivity contribution is 6.04. The molecular weight excluding hydrogens is 416 g/mol. The second-order valence-corrected chi connectivity index (χ2v) is 7.20. The third-order valence-corrected chi connectivity index (χ3v) is 5.07. The van der Waals surface area contributed by atoms with Crippen LogP contribution in [0.4, 0.5) is 20.5 Å². The van der Waals surface area contributed by atoms with Crippen molar-refractivity contribution in [2.24, 2.45) is 0 Å². The molecule has 0 spiro atoms. The summed E-state index contributed by atoms with van der Waals surface area (Å²) in [4.78, 5) is 14.6. The maximum Gasteiger partial charge on any atom is 0.315 e. The molecule has 0 fully saturated rings. The van der Waals surface area contributed by atoms with E-state index in [9.17, 15) is 13.6 Å². The number of halogens is 2. The lowest BCUT2D eigenvalue weighted by atomic mass is 10.1. The third-order valence-electron chi connectivity index (χ3n) is 5.07. The molecule has 1 aromatic heterocycles. The smallest absolute Gasteiger partial charge is 0.315 e. The molecule has 7 nitrogen and oxygen atoms in total. The van der Waals surface area contributed by atoms with Crippen molar-refractivity contribution in [2.75, 3.05) is 36.8 Å². The molecule has 1 heterocycles. The molecule has 2 aromatic carbocycles. The Morgan fingerprint density at radius 2 is 1.81 bits per heavy atom. The van der Waals surface area contributed by atoms with E-state index in [2.05, 4.69) is 39.6 Å². The van der Waals surface area contributed by atoms with Crippen LogP contribution in [-0.4, -0.2) is 47.2 Å². The number of nitrogens with zero attached hydrogens (tertiary/aromatic N) is 3. The lowest BCUT2D eigenvalue weighted by molar-refractivity contribution is 0.102. The molecule has 0 aliphatic heterocycles. The van der Waals surface area contributed by atoms with Crippen LogP contribution in [0.25, 0.3) is 11.5 Å². The zero-order valence-corrected chi connectivity index (χ0v) is 18.2. The quantitative estimate of drug-likeness (QED) is 0.414. The molecule has 0 radical (unpaired) electrons. The fraction of sp³-hybridized carbons (Fsp3) is 0.348. The van der Waals surface area contributed by atoms with Crippen LogP contribution in [0.5, 0.6) is 0 Å². The van der Waals surface area contributed by atoms with Crippen LogP contribution in [0.2, 0.25) is 0 Å². The molecule has 1 amide bonds. The Morgan fingerprint density at radius 1 is 1.03 bits per heavy atom. The van der Waals surface area contributed by atoms with Crippen molar-refractivity contribution in [3.05, 3.63) is 59.7 Å². The predicted octanol–water partition coefficient (Wildman–Crippen LogP) is 4.80. The Morgan fingerprint density at radius 3 is 2.53 bits per heavy atom. The summed E-state index contributed by atoms with van der Waals surface area (Å²) in [6.45, 7) is 8.07. The monoisotopic (exact) mass is 443 g/mol. The van der Waals surface area contributed by atoms with Crippen molar-refractivity contribution in [1.82, 2.24) is 15.1 Å². The average Bonchev–Trinajstić information content (AvgIpc) is 3.25. The molecular formula is C23H27F2N5O2. The van der Waals surface area contributed by atoms with Crippen molar-refractivity contribution in [3.63, 3.8) is 0 Å². The van der Waals surface area contributed by atoms with Gasteiger partial charge in [0.25, 0.3) is 11.8 Å². The lowest BCUT2D eigenvalue weighted by Gasteiger charge is -2.17. The Balaban J connectivity index is 1.56. The Hall–Kier alpha value is -3.33. The molecule has 0 saturated heterocycles. The highest BCUT2D eigenvalue weighted by atomic mass is 19.1. The summed E-state index contributed by atoms with van der Waals surface area (Å²) in [6, 6.07) is 9.83.